The third kappa shape index (κ3) is 3.94. The summed E-state index contributed by atoms with van der Waals surface area (Å²) in [6.45, 7) is 0. The molecule has 0 amide bonds. The SMILES string of the molecule is COc1ccc([C@@]2(O)c3ccccc3-c3c2c2c(c4c3[C@](O)(c3ccc(OC)cc3)c3ccccc3-4)[C@](O)(c3ccc(OC)cc3)c3ccccc3-2)cc1. The normalized spacial score (nSPS) is 21.0. The van der Waals surface area contributed by atoms with Gasteiger partial charge in [0.1, 0.15) is 34.1 Å². The molecular formula is C48H36O6. The average molecular weight is 709 g/mol. The summed E-state index contributed by atoms with van der Waals surface area (Å²) in [6.07, 6.45) is 0. The fourth-order valence-corrected chi connectivity index (χ4v) is 9.49. The molecule has 0 aromatic heterocycles. The maximum Gasteiger partial charge on any atom is 0.142 e. The standard InChI is InChI=1S/C48H36O6/c1-52-31-22-16-28(17-23-31)46(49)37-13-7-4-10-34(37)40-43(46)41-35-11-5-8-14-38(35)47(50,29-18-24-32(53-2)25-19-29)45(41)42-36-12-6-9-15-39(36)48(51,44(40)42)30-20-26-33(54-3)27-21-30/h4-27,49-51H,1-3H3/t46-,47-,48+/m0/s1. The molecule has 6 heteroatoms. The number of fused-ring (bicyclic) bond motifs is 12. The van der Waals surface area contributed by atoms with Gasteiger partial charge in [-0.15, -0.1) is 0 Å². The van der Waals surface area contributed by atoms with E-state index in [-0.39, 0.29) is 0 Å². The fraction of sp³-hybridized carbons (Fsp3) is 0.125. The quantitative estimate of drug-likeness (QED) is 0.161. The maximum atomic E-state index is 13.7. The Balaban J connectivity index is 1.44. The average Bonchev–Trinajstić information content (AvgIpc) is 3.78. The summed E-state index contributed by atoms with van der Waals surface area (Å²) >= 11 is 0. The number of methoxy groups -OCH3 is 3. The molecule has 7 aromatic carbocycles. The molecule has 10 rings (SSSR count). The lowest BCUT2D eigenvalue weighted by atomic mass is 9.73. The molecule has 3 aliphatic rings. The predicted molar refractivity (Wildman–Crippen MR) is 208 cm³/mol. The van der Waals surface area contributed by atoms with Gasteiger partial charge in [-0.1, -0.05) is 109 Å². The second kappa shape index (κ2) is 11.4. The predicted octanol–water partition coefficient (Wildman–Crippen LogP) is 8.51. The monoisotopic (exact) mass is 708 g/mol. The molecular weight excluding hydrogens is 673 g/mol. The zero-order valence-corrected chi connectivity index (χ0v) is 29.9. The van der Waals surface area contributed by atoms with Gasteiger partial charge < -0.3 is 29.5 Å². The molecule has 0 spiro atoms. The largest absolute Gasteiger partial charge is 0.497 e. The van der Waals surface area contributed by atoms with Gasteiger partial charge in [0, 0.05) is 33.4 Å². The lowest BCUT2D eigenvalue weighted by Gasteiger charge is -2.34. The molecule has 0 radical (unpaired) electrons. The lowest BCUT2D eigenvalue weighted by Crippen LogP contribution is -2.31. The Bertz CT molecular complexity index is 2330. The summed E-state index contributed by atoms with van der Waals surface area (Å²) < 4.78 is 16.6. The number of rotatable bonds is 6. The number of benzene rings is 7. The Morgan fingerprint density at radius 3 is 0.815 bits per heavy atom. The van der Waals surface area contributed by atoms with E-state index in [1.807, 2.05) is 146 Å². The van der Waals surface area contributed by atoms with Crippen molar-refractivity contribution in [3.05, 3.63) is 196 Å². The van der Waals surface area contributed by atoms with E-state index in [0.717, 1.165) is 33.4 Å². The summed E-state index contributed by atoms with van der Waals surface area (Å²) in [5.41, 5.74) is 5.37. The van der Waals surface area contributed by atoms with E-state index < -0.39 is 16.8 Å². The molecule has 0 aliphatic heterocycles. The van der Waals surface area contributed by atoms with Crippen LogP contribution in [0, 0.1) is 0 Å². The van der Waals surface area contributed by atoms with Gasteiger partial charge in [0.25, 0.3) is 0 Å². The van der Waals surface area contributed by atoms with Crippen molar-refractivity contribution in [1.29, 1.82) is 0 Å². The van der Waals surface area contributed by atoms with Gasteiger partial charge in [0.05, 0.1) is 21.3 Å². The van der Waals surface area contributed by atoms with Crippen molar-refractivity contribution in [1.82, 2.24) is 0 Å². The van der Waals surface area contributed by atoms with Crippen LogP contribution in [-0.2, 0) is 16.8 Å². The van der Waals surface area contributed by atoms with Crippen molar-refractivity contribution in [2.45, 2.75) is 16.8 Å². The Hall–Kier alpha value is -6.18. The molecule has 264 valence electrons. The minimum absolute atomic E-state index is 0.610. The fourth-order valence-electron chi connectivity index (χ4n) is 9.49. The van der Waals surface area contributed by atoms with E-state index in [1.54, 1.807) is 21.3 Å². The van der Waals surface area contributed by atoms with E-state index >= 15 is 0 Å². The summed E-state index contributed by atoms with van der Waals surface area (Å²) in [7, 11) is 4.86. The Kier molecular flexibility index (Phi) is 6.86. The van der Waals surface area contributed by atoms with Gasteiger partial charge in [-0.25, -0.2) is 0 Å². The molecule has 0 saturated heterocycles. The second-order valence-electron chi connectivity index (χ2n) is 14.2. The van der Waals surface area contributed by atoms with Crippen molar-refractivity contribution in [3.63, 3.8) is 0 Å². The van der Waals surface area contributed by atoms with Gasteiger partial charge in [0.2, 0.25) is 0 Å². The van der Waals surface area contributed by atoms with E-state index in [9.17, 15) is 15.3 Å². The van der Waals surface area contributed by atoms with E-state index in [1.165, 1.54) is 0 Å². The third-order valence-electron chi connectivity index (χ3n) is 11.9. The smallest absolute Gasteiger partial charge is 0.142 e. The van der Waals surface area contributed by atoms with Gasteiger partial charge in [-0.2, -0.15) is 0 Å². The first-order valence-corrected chi connectivity index (χ1v) is 18.0. The number of hydrogen-bond donors (Lipinski definition) is 3. The number of hydrogen-bond acceptors (Lipinski definition) is 6. The summed E-state index contributed by atoms with van der Waals surface area (Å²) in [5, 5.41) is 41.2. The highest BCUT2D eigenvalue weighted by molar-refractivity contribution is 6.05. The maximum absolute atomic E-state index is 13.7. The topological polar surface area (TPSA) is 88.4 Å². The molecule has 0 heterocycles. The molecule has 3 N–H and O–H groups in total. The van der Waals surface area contributed by atoms with Gasteiger partial charge >= 0.3 is 0 Å². The minimum atomic E-state index is -1.69. The van der Waals surface area contributed by atoms with Crippen LogP contribution in [0.25, 0.3) is 33.4 Å². The van der Waals surface area contributed by atoms with Crippen LogP contribution in [0.2, 0.25) is 0 Å². The molecule has 0 saturated carbocycles. The molecule has 3 aliphatic carbocycles. The van der Waals surface area contributed by atoms with Crippen LogP contribution in [0.15, 0.2) is 146 Å². The summed E-state index contributed by atoms with van der Waals surface area (Å²) in [6, 6.07) is 46.2. The molecule has 6 nitrogen and oxygen atoms in total. The zero-order valence-electron chi connectivity index (χ0n) is 29.9. The first-order chi connectivity index (χ1) is 26.3. The highest BCUT2D eigenvalue weighted by Crippen LogP contribution is 2.68. The van der Waals surface area contributed by atoms with E-state index in [2.05, 4.69) is 0 Å². The number of aliphatic hydroxyl groups is 3. The summed E-state index contributed by atoms with van der Waals surface area (Å²) in [4.78, 5) is 0. The van der Waals surface area contributed by atoms with Crippen LogP contribution in [0.5, 0.6) is 17.2 Å². The Labute approximate surface area is 313 Å². The molecule has 0 fully saturated rings. The Morgan fingerprint density at radius 1 is 0.333 bits per heavy atom. The minimum Gasteiger partial charge on any atom is -0.497 e. The van der Waals surface area contributed by atoms with Crippen LogP contribution in [0.4, 0.5) is 0 Å². The number of ether oxygens (including phenoxy) is 3. The van der Waals surface area contributed by atoms with E-state index in [0.29, 0.717) is 67.3 Å². The van der Waals surface area contributed by atoms with Crippen LogP contribution in [0.3, 0.4) is 0 Å². The van der Waals surface area contributed by atoms with Crippen LogP contribution < -0.4 is 14.2 Å². The van der Waals surface area contributed by atoms with Crippen molar-refractivity contribution in [3.8, 4) is 50.6 Å². The van der Waals surface area contributed by atoms with Crippen LogP contribution in [0.1, 0.15) is 50.1 Å². The van der Waals surface area contributed by atoms with Gasteiger partial charge in [0.15, 0.2) is 0 Å². The van der Waals surface area contributed by atoms with Gasteiger partial charge in [-0.3, -0.25) is 0 Å². The molecule has 0 bridgehead atoms. The van der Waals surface area contributed by atoms with Crippen LogP contribution in [-0.4, -0.2) is 36.6 Å². The molecule has 7 aromatic rings. The zero-order chi connectivity index (χ0) is 37.0. The molecule has 3 atom stereocenters. The van der Waals surface area contributed by atoms with E-state index in [4.69, 9.17) is 14.2 Å². The second-order valence-corrected chi connectivity index (χ2v) is 14.2. The molecule has 0 unspecified atom stereocenters. The van der Waals surface area contributed by atoms with Crippen molar-refractivity contribution in [2.75, 3.05) is 21.3 Å². The van der Waals surface area contributed by atoms with Gasteiger partial charge in [-0.05, 0) is 86.5 Å². The highest BCUT2D eigenvalue weighted by Gasteiger charge is 2.58. The highest BCUT2D eigenvalue weighted by atomic mass is 16.5. The van der Waals surface area contributed by atoms with Crippen molar-refractivity contribution < 1.29 is 29.5 Å². The first-order valence-electron chi connectivity index (χ1n) is 18.0. The molecule has 54 heavy (non-hydrogen) atoms. The first kappa shape index (κ1) is 32.5. The third-order valence-corrected chi connectivity index (χ3v) is 11.9. The van der Waals surface area contributed by atoms with Crippen molar-refractivity contribution in [2.24, 2.45) is 0 Å². The summed E-state index contributed by atoms with van der Waals surface area (Å²) in [5.74, 6) is 1.99. The van der Waals surface area contributed by atoms with Crippen molar-refractivity contribution >= 4 is 0 Å². The Morgan fingerprint density at radius 2 is 0.574 bits per heavy atom. The lowest BCUT2D eigenvalue weighted by molar-refractivity contribution is 0.123. The van der Waals surface area contributed by atoms with Crippen LogP contribution >= 0.6 is 0 Å².